The molecule has 2 bridgehead atoms. The smallest absolute Gasteiger partial charge is 0.265 e. The van der Waals surface area contributed by atoms with Crippen LogP contribution in [0.1, 0.15) is 28.9 Å². The van der Waals surface area contributed by atoms with Gasteiger partial charge in [0.1, 0.15) is 4.88 Å². The van der Waals surface area contributed by atoms with Crippen molar-refractivity contribution < 1.29 is 4.79 Å². The minimum absolute atomic E-state index is 0.255. The van der Waals surface area contributed by atoms with Gasteiger partial charge in [0.25, 0.3) is 5.91 Å². The second-order valence-corrected chi connectivity index (χ2v) is 6.67. The van der Waals surface area contributed by atoms with Crippen molar-refractivity contribution in [2.75, 3.05) is 19.3 Å². The van der Waals surface area contributed by atoms with Gasteiger partial charge < -0.3 is 10.2 Å². The van der Waals surface area contributed by atoms with Crippen LogP contribution in [-0.2, 0) is 0 Å². The molecular weight excluding hydrogens is 264 g/mol. The van der Waals surface area contributed by atoms with Gasteiger partial charge in [-0.3, -0.25) is 4.79 Å². The van der Waals surface area contributed by atoms with E-state index in [0.29, 0.717) is 12.1 Å². The molecule has 2 aliphatic rings. The lowest BCUT2D eigenvalue weighted by Crippen LogP contribution is -2.42. The Bertz CT molecular complexity index is 432. The summed E-state index contributed by atoms with van der Waals surface area (Å²) in [6, 6.07) is 2.91. The molecule has 2 fully saturated rings. The molecule has 3 heterocycles. The van der Waals surface area contributed by atoms with Gasteiger partial charge in [0.05, 0.1) is 0 Å². The molecule has 0 saturated carbocycles. The van der Waals surface area contributed by atoms with Crippen LogP contribution in [0.15, 0.2) is 16.3 Å². The van der Waals surface area contributed by atoms with Crippen molar-refractivity contribution in [3.63, 3.8) is 0 Å². The van der Waals surface area contributed by atoms with Gasteiger partial charge in [0.15, 0.2) is 0 Å². The van der Waals surface area contributed by atoms with Gasteiger partial charge in [-0.2, -0.15) is 0 Å². The predicted molar refractivity (Wildman–Crippen MR) is 76.6 cm³/mol. The van der Waals surface area contributed by atoms with Gasteiger partial charge in [-0.05, 0) is 43.5 Å². The molecule has 18 heavy (non-hydrogen) atoms. The molecule has 0 aliphatic carbocycles. The zero-order valence-electron chi connectivity index (χ0n) is 10.5. The number of carbonyl (C=O) groups is 1. The van der Waals surface area contributed by atoms with Gasteiger partial charge in [-0.15, -0.1) is 23.1 Å². The van der Waals surface area contributed by atoms with Crippen molar-refractivity contribution in [2.45, 2.75) is 36.2 Å². The lowest BCUT2D eigenvalue weighted by molar-refractivity contribution is 0.0682. The maximum atomic E-state index is 12.7. The van der Waals surface area contributed by atoms with Gasteiger partial charge >= 0.3 is 0 Å². The molecule has 2 saturated heterocycles. The summed E-state index contributed by atoms with van der Waals surface area (Å²) in [7, 11) is 0. The van der Waals surface area contributed by atoms with E-state index >= 15 is 0 Å². The summed E-state index contributed by atoms with van der Waals surface area (Å²) >= 11 is 3.25. The zero-order chi connectivity index (χ0) is 12.5. The fourth-order valence-corrected chi connectivity index (χ4v) is 4.73. The van der Waals surface area contributed by atoms with Crippen LogP contribution in [0.5, 0.6) is 0 Å². The molecule has 0 aromatic carbocycles. The van der Waals surface area contributed by atoms with E-state index in [4.69, 9.17) is 0 Å². The molecule has 3 rings (SSSR count). The lowest BCUT2D eigenvalue weighted by Gasteiger charge is -2.27. The van der Waals surface area contributed by atoms with Crippen molar-refractivity contribution >= 4 is 29.0 Å². The topological polar surface area (TPSA) is 32.3 Å². The Morgan fingerprint density at radius 2 is 2.28 bits per heavy atom. The molecule has 2 aliphatic heterocycles. The maximum absolute atomic E-state index is 12.7. The molecule has 2 atom stereocenters. The summed E-state index contributed by atoms with van der Waals surface area (Å²) in [4.78, 5) is 17.0. The fourth-order valence-electron chi connectivity index (χ4n) is 3.05. The molecule has 1 aromatic heterocycles. The van der Waals surface area contributed by atoms with Crippen molar-refractivity contribution in [3.05, 3.63) is 16.3 Å². The SMILES string of the molecule is CSc1ccsc1C(=O)N1C2CCNCC1CC2. The van der Waals surface area contributed by atoms with Crippen LogP contribution in [-0.4, -0.2) is 42.2 Å². The Morgan fingerprint density at radius 3 is 3.11 bits per heavy atom. The third kappa shape index (κ3) is 2.08. The van der Waals surface area contributed by atoms with Crippen molar-refractivity contribution in [1.29, 1.82) is 0 Å². The number of nitrogens with zero attached hydrogens (tertiary/aromatic N) is 1. The number of fused-ring (bicyclic) bond motifs is 2. The highest BCUT2D eigenvalue weighted by atomic mass is 32.2. The number of rotatable bonds is 2. The summed E-state index contributed by atoms with van der Waals surface area (Å²) in [6.45, 7) is 2.01. The van der Waals surface area contributed by atoms with Crippen LogP contribution in [0, 0.1) is 0 Å². The minimum atomic E-state index is 0.255. The van der Waals surface area contributed by atoms with Crippen molar-refractivity contribution in [3.8, 4) is 0 Å². The summed E-state index contributed by atoms with van der Waals surface area (Å²) in [5.41, 5.74) is 0. The lowest BCUT2D eigenvalue weighted by atomic mass is 10.1. The highest BCUT2D eigenvalue weighted by Crippen LogP contribution is 2.33. The van der Waals surface area contributed by atoms with Crippen molar-refractivity contribution in [2.24, 2.45) is 0 Å². The number of nitrogens with one attached hydrogen (secondary N) is 1. The fraction of sp³-hybridized carbons (Fsp3) is 0.615. The first kappa shape index (κ1) is 12.5. The molecule has 0 radical (unpaired) electrons. The number of thioether (sulfide) groups is 1. The first-order chi connectivity index (χ1) is 8.81. The normalized spacial score (nSPS) is 27.3. The molecule has 98 valence electrons. The molecule has 1 aromatic rings. The standard InChI is InChI=1S/C13H18N2OS2/c1-17-11-5-7-18-12(11)13(16)15-9-2-3-10(15)8-14-6-4-9/h5,7,9-10,14H,2-4,6,8H2,1H3. The molecule has 2 unspecified atom stereocenters. The Balaban J connectivity index is 1.87. The maximum Gasteiger partial charge on any atom is 0.265 e. The predicted octanol–water partition coefficient (Wildman–Crippen LogP) is 2.44. The van der Waals surface area contributed by atoms with E-state index < -0.39 is 0 Å². The minimum Gasteiger partial charge on any atom is -0.331 e. The number of carbonyl (C=O) groups excluding carboxylic acids is 1. The molecule has 0 spiro atoms. The Labute approximate surface area is 116 Å². The number of hydrogen-bond donors (Lipinski definition) is 1. The van der Waals surface area contributed by atoms with E-state index in [1.165, 1.54) is 6.42 Å². The zero-order valence-corrected chi connectivity index (χ0v) is 12.1. The van der Waals surface area contributed by atoms with Gasteiger partial charge in [0.2, 0.25) is 0 Å². The van der Waals surface area contributed by atoms with Crippen LogP contribution < -0.4 is 5.32 Å². The van der Waals surface area contributed by atoms with Gasteiger partial charge in [-0.1, -0.05) is 0 Å². The Morgan fingerprint density at radius 1 is 1.44 bits per heavy atom. The van der Waals surface area contributed by atoms with Crippen LogP contribution in [0.2, 0.25) is 0 Å². The summed E-state index contributed by atoms with van der Waals surface area (Å²) in [5.74, 6) is 0.255. The number of thiophene rings is 1. The van der Waals surface area contributed by atoms with E-state index in [2.05, 4.69) is 16.3 Å². The molecular formula is C13H18N2OS2. The van der Waals surface area contributed by atoms with E-state index in [0.717, 1.165) is 35.7 Å². The number of amides is 1. The first-order valence-electron chi connectivity index (χ1n) is 6.46. The molecule has 3 nitrogen and oxygen atoms in total. The second-order valence-electron chi connectivity index (χ2n) is 4.91. The van der Waals surface area contributed by atoms with Gasteiger partial charge in [-0.25, -0.2) is 0 Å². The number of hydrogen-bond acceptors (Lipinski definition) is 4. The molecule has 5 heteroatoms. The third-order valence-electron chi connectivity index (χ3n) is 3.93. The van der Waals surface area contributed by atoms with Crippen LogP contribution in [0.4, 0.5) is 0 Å². The highest BCUT2D eigenvalue weighted by Gasteiger charge is 2.39. The Hall–Kier alpha value is -0.520. The van der Waals surface area contributed by atoms with Gasteiger partial charge in [0, 0.05) is 23.5 Å². The average Bonchev–Trinajstić information content (AvgIpc) is 2.91. The summed E-state index contributed by atoms with van der Waals surface area (Å²) in [6.07, 6.45) is 5.47. The van der Waals surface area contributed by atoms with E-state index in [-0.39, 0.29) is 5.91 Å². The summed E-state index contributed by atoms with van der Waals surface area (Å²) < 4.78 is 0. The van der Waals surface area contributed by atoms with Crippen LogP contribution in [0.3, 0.4) is 0 Å². The van der Waals surface area contributed by atoms with E-state index in [1.54, 1.807) is 23.1 Å². The van der Waals surface area contributed by atoms with Crippen LogP contribution in [0.25, 0.3) is 0 Å². The second kappa shape index (κ2) is 5.23. The Kier molecular flexibility index (Phi) is 3.63. The third-order valence-corrected chi connectivity index (χ3v) is 5.74. The largest absolute Gasteiger partial charge is 0.331 e. The van der Waals surface area contributed by atoms with Crippen molar-refractivity contribution in [1.82, 2.24) is 10.2 Å². The van der Waals surface area contributed by atoms with E-state index in [9.17, 15) is 4.79 Å². The molecule has 1 amide bonds. The quantitative estimate of drug-likeness (QED) is 0.846. The highest BCUT2D eigenvalue weighted by molar-refractivity contribution is 7.98. The monoisotopic (exact) mass is 282 g/mol. The first-order valence-corrected chi connectivity index (χ1v) is 8.56. The van der Waals surface area contributed by atoms with Crippen LogP contribution >= 0.6 is 23.1 Å². The molecule has 1 N–H and O–H groups in total. The average molecular weight is 282 g/mol. The van der Waals surface area contributed by atoms with E-state index in [1.807, 2.05) is 11.6 Å². The summed E-state index contributed by atoms with van der Waals surface area (Å²) in [5, 5.41) is 5.47.